The highest BCUT2D eigenvalue weighted by atomic mass is 32.1. The highest BCUT2D eigenvalue weighted by Crippen LogP contribution is 2.23. The van der Waals surface area contributed by atoms with Crippen LogP contribution < -0.4 is 20.8 Å². The van der Waals surface area contributed by atoms with Gasteiger partial charge in [0.2, 0.25) is 5.43 Å². The van der Waals surface area contributed by atoms with Crippen LogP contribution >= 0.6 is 12.2 Å². The van der Waals surface area contributed by atoms with Gasteiger partial charge in [-0.3, -0.25) is 4.79 Å². The van der Waals surface area contributed by atoms with Crippen molar-refractivity contribution in [2.45, 2.75) is 13.5 Å². The van der Waals surface area contributed by atoms with Crippen molar-refractivity contribution in [2.75, 3.05) is 17.7 Å². The summed E-state index contributed by atoms with van der Waals surface area (Å²) < 4.78 is 21.3. The van der Waals surface area contributed by atoms with Gasteiger partial charge in [0.1, 0.15) is 17.1 Å². The summed E-state index contributed by atoms with van der Waals surface area (Å²) in [5, 5.41) is 15.1. The van der Waals surface area contributed by atoms with Crippen LogP contribution in [0, 0.1) is 5.82 Å². The number of rotatable bonds is 5. The van der Waals surface area contributed by atoms with Crippen LogP contribution in [0.1, 0.15) is 17.3 Å². The average Bonchev–Trinajstić information content (AvgIpc) is 2.70. The van der Waals surface area contributed by atoms with Gasteiger partial charge in [-0.25, -0.2) is 9.18 Å². The number of aromatic nitrogens is 1. The molecule has 3 aromatic rings. The third-order valence-corrected chi connectivity index (χ3v) is 4.54. The Balaban J connectivity index is 1.94. The minimum absolute atomic E-state index is 0.0103. The second kappa shape index (κ2) is 8.27. The molecule has 0 aliphatic rings. The van der Waals surface area contributed by atoms with Crippen LogP contribution in [0.2, 0.25) is 0 Å². The largest absolute Gasteiger partial charge is 0.497 e. The van der Waals surface area contributed by atoms with E-state index < -0.39 is 22.8 Å². The number of pyridine rings is 1. The van der Waals surface area contributed by atoms with E-state index in [0.717, 1.165) is 6.07 Å². The lowest BCUT2D eigenvalue weighted by atomic mass is 10.1. The number of aryl methyl sites for hydroxylation is 1. The van der Waals surface area contributed by atoms with E-state index in [4.69, 9.17) is 17.0 Å². The molecule has 3 rings (SSSR count). The van der Waals surface area contributed by atoms with Gasteiger partial charge in [-0.05, 0) is 55.5 Å². The minimum atomic E-state index is -1.36. The van der Waals surface area contributed by atoms with Gasteiger partial charge >= 0.3 is 5.97 Å². The Morgan fingerprint density at radius 3 is 2.52 bits per heavy atom. The lowest BCUT2D eigenvalue weighted by molar-refractivity contribution is 0.0695. The SMILES string of the molecule is CCn1cc(C(=O)O)c(=O)c2cc(F)c(NC(=S)Nc3ccc(OC)cc3)cc21. The normalized spacial score (nSPS) is 10.6. The van der Waals surface area contributed by atoms with Gasteiger partial charge in [0.25, 0.3) is 0 Å². The summed E-state index contributed by atoms with van der Waals surface area (Å²) in [6.45, 7) is 2.19. The lowest BCUT2D eigenvalue weighted by Crippen LogP contribution is -2.21. The number of hydrogen-bond acceptors (Lipinski definition) is 4. The molecule has 0 atom stereocenters. The molecule has 0 aliphatic heterocycles. The van der Waals surface area contributed by atoms with Crippen LogP contribution in [0.25, 0.3) is 10.9 Å². The number of carboxylic acid groups (broad SMARTS) is 1. The molecular weight excluding hydrogens is 397 g/mol. The zero-order chi connectivity index (χ0) is 21.1. The summed E-state index contributed by atoms with van der Waals surface area (Å²) in [7, 11) is 1.56. The van der Waals surface area contributed by atoms with Crippen molar-refractivity contribution < 1.29 is 19.0 Å². The molecule has 0 radical (unpaired) electrons. The maximum absolute atomic E-state index is 14.6. The van der Waals surface area contributed by atoms with Crippen molar-refractivity contribution in [3.63, 3.8) is 0 Å². The predicted octanol–water partition coefficient (Wildman–Crippen LogP) is 3.68. The first-order valence-electron chi connectivity index (χ1n) is 8.66. The number of nitrogens with one attached hydrogen (secondary N) is 2. The number of carboxylic acids is 1. The van der Waals surface area contributed by atoms with E-state index in [1.165, 1.54) is 12.3 Å². The van der Waals surface area contributed by atoms with Crippen LogP contribution in [0.5, 0.6) is 5.75 Å². The molecule has 0 amide bonds. The Hall–Kier alpha value is -3.46. The van der Waals surface area contributed by atoms with E-state index in [1.807, 2.05) is 0 Å². The third kappa shape index (κ3) is 4.19. The zero-order valence-electron chi connectivity index (χ0n) is 15.7. The maximum atomic E-state index is 14.6. The van der Waals surface area contributed by atoms with Gasteiger partial charge < -0.3 is 25.0 Å². The van der Waals surface area contributed by atoms with Gasteiger partial charge in [-0.2, -0.15) is 0 Å². The first kappa shape index (κ1) is 20.3. The van der Waals surface area contributed by atoms with E-state index in [1.54, 1.807) is 42.9 Å². The van der Waals surface area contributed by atoms with Gasteiger partial charge in [-0.1, -0.05) is 0 Å². The molecule has 3 N–H and O–H groups in total. The topological polar surface area (TPSA) is 92.6 Å². The number of nitrogens with zero attached hydrogens (tertiary/aromatic N) is 1. The molecule has 1 aromatic heterocycles. The van der Waals surface area contributed by atoms with E-state index in [2.05, 4.69) is 10.6 Å². The maximum Gasteiger partial charge on any atom is 0.341 e. The summed E-state index contributed by atoms with van der Waals surface area (Å²) in [5.41, 5.74) is 0.00522. The molecule has 0 saturated heterocycles. The monoisotopic (exact) mass is 415 g/mol. The van der Waals surface area contributed by atoms with Gasteiger partial charge in [0.05, 0.1) is 18.3 Å². The van der Waals surface area contributed by atoms with E-state index in [9.17, 15) is 19.1 Å². The zero-order valence-corrected chi connectivity index (χ0v) is 16.5. The Kier molecular flexibility index (Phi) is 5.79. The summed E-state index contributed by atoms with van der Waals surface area (Å²) in [6.07, 6.45) is 1.25. The number of fused-ring (bicyclic) bond motifs is 1. The molecule has 0 saturated carbocycles. The van der Waals surface area contributed by atoms with Gasteiger partial charge in [0.15, 0.2) is 5.11 Å². The lowest BCUT2D eigenvalue weighted by Gasteiger charge is -2.15. The molecule has 0 aliphatic carbocycles. The van der Waals surface area contributed by atoms with E-state index in [-0.39, 0.29) is 16.2 Å². The molecule has 29 heavy (non-hydrogen) atoms. The van der Waals surface area contributed by atoms with Crippen molar-refractivity contribution in [3.8, 4) is 5.75 Å². The second-order valence-corrected chi connectivity index (χ2v) is 6.53. The fourth-order valence-electron chi connectivity index (χ4n) is 2.88. The molecule has 0 unspecified atom stereocenters. The standard InChI is InChI=1S/C20H18FN3O4S/c1-3-24-10-14(19(26)27)18(25)13-8-15(21)16(9-17(13)24)23-20(29)22-11-4-6-12(28-2)7-5-11/h4-10H,3H2,1-2H3,(H,26,27)(H2,22,23,29). The van der Waals surface area contributed by atoms with Crippen molar-refractivity contribution >= 4 is 45.6 Å². The Morgan fingerprint density at radius 1 is 1.24 bits per heavy atom. The van der Waals surface area contributed by atoms with E-state index >= 15 is 0 Å². The number of aromatic carboxylic acids is 1. The van der Waals surface area contributed by atoms with Crippen molar-refractivity contribution in [2.24, 2.45) is 0 Å². The van der Waals surface area contributed by atoms with Crippen LogP contribution in [0.4, 0.5) is 15.8 Å². The molecule has 9 heteroatoms. The number of halogens is 1. The first-order chi connectivity index (χ1) is 13.8. The Morgan fingerprint density at radius 2 is 1.93 bits per heavy atom. The molecule has 150 valence electrons. The predicted molar refractivity (Wildman–Crippen MR) is 114 cm³/mol. The molecule has 0 bridgehead atoms. The van der Waals surface area contributed by atoms with E-state index in [0.29, 0.717) is 23.5 Å². The van der Waals surface area contributed by atoms with Gasteiger partial charge in [-0.15, -0.1) is 0 Å². The Bertz CT molecular complexity index is 1160. The molecule has 2 aromatic carbocycles. The second-order valence-electron chi connectivity index (χ2n) is 6.12. The third-order valence-electron chi connectivity index (χ3n) is 4.34. The molecular formula is C20H18FN3O4S. The highest BCUT2D eigenvalue weighted by Gasteiger charge is 2.17. The summed E-state index contributed by atoms with van der Waals surface area (Å²) in [5.74, 6) is -1.39. The van der Waals surface area contributed by atoms with Crippen LogP contribution in [-0.2, 0) is 6.54 Å². The minimum Gasteiger partial charge on any atom is -0.497 e. The van der Waals surface area contributed by atoms with Crippen molar-refractivity contribution in [1.82, 2.24) is 4.57 Å². The first-order valence-corrected chi connectivity index (χ1v) is 9.07. The van der Waals surface area contributed by atoms with Crippen LogP contribution in [-0.4, -0.2) is 27.9 Å². The number of carbonyl (C=O) groups is 1. The fraction of sp³-hybridized carbons (Fsp3) is 0.150. The number of ether oxygens (including phenoxy) is 1. The summed E-state index contributed by atoms with van der Waals surface area (Å²) >= 11 is 5.24. The average molecular weight is 415 g/mol. The fourth-order valence-corrected chi connectivity index (χ4v) is 3.11. The quantitative estimate of drug-likeness (QED) is 0.548. The number of methoxy groups -OCH3 is 1. The summed E-state index contributed by atoms with van der Waals surface area (Å²) in [4.78, 5) is 23.7. The van der Waals surface area contributed by atoms with Crippen molar-refractivity contribution in [1.29, 1.82) is 0 Å². The number of benzene rings is 2. The smallest absolute Gasteiger partial charge is 0.341 e. The number of hydrogen-bond donors (Lipinski definition) is 3. The van der Waals surface area contributed by atoms with Crippen LogP contribution in [0.3, 0.4) is 0 Å². The molecule has 7 nitrogen and oxygen atoms in total. The van der Waals surface area contributed by atoms with Gasteiger partial charge in [0, 0.05) is 23.8 Å². The Labute approximate surface area is 170 Å². The summed E-state index contributed by atoms with van der Waals surface area (Å²) in [6, 6.07) is 9.47. The molecule has 0 spiro atoms. The van der Waals surface area contributed by atoms with Crippen molar-refractivity contribution in [3.05, 3.63) is 64.2 Å². The van der Waals surface area contributed by atoms with Crippen LogP contribution in [0.15, 0.2) is 47.4 Å². The molecule has 0 fully saturated rings. The highest BCUT2D eigenvalue weighted by molar-refractivity contribution is 7.80. The number of anilines is 2. The molecule has 1 heterocycles. The number of thiocarbonyl (C=S) groups is 1.